The average molecular weight is 213 g/mol. The first-order valence-electron chi connectivity index (χ1n) is 3.82. The first kappa shape index (κ1) is 10.7. The Bertz CT molecular complexity index is 436. The molecule has 0 atom stereocenters. The molecule has 6 heteroatoms. The molecular weight excluding hydrogens is 202 g/mol. The van der Waals surface area contributed by atoms with Gasteiger partial charge in [-0.1, -0.05) is 24.3 Å². The fourth-order valence-electron chi connectivity index (χ4n) is 1.01. The molecule has 14 heavy (non-hydrogen) atoms. The summed E-state index contributed by atoms with van der Waals surface area (Å²) in [5.41, 5.74) is 6.37. The number of nitrogens with one attached hydrogen (secondary N) is 1. The fourth-order valence-corrected chi connectivity index (χ4v) is 1.67. The van der Waals surface area contributed by atoms with Crippen LogP contribution in [0.1, 0.15) is 11.1 Å². The van der Waals surface area contributed by atoms with E-state index in [1.54, 1.807) is 24.3 Å². The lowest BCUT2D eigenvalue weighted by Gasteiger charge is -2.01. The molecule has 0 heterocycles. The second-order valence-corrected chi connectivity index (χ2v) is 4.53. The Hall–Kier alpha value is -1.40. The number of nitrogens with two attached hydrogens (primary N) is 2. The van der Waals surface area contributed by atoms with Crippen LogP contribution in [0.25, 0.3) is 0 Å². The van der Waals surface area contributed by atoms with Gasteiger partial charge < -0.3 is 5.73 Å². The lowest BCUT2D eigenvalue weighted by Crippen LogP contribution is -2.15. The van der Waals surface area contributed by atoms with Crippen molar-refractivity contribution in [2.45, 2.75) is 5.75 Å². The lowest BCUT2D eigenvalue weighted by atomic mass is 10.1. The van der Waals surface area contributed by atoms with Crippen molar-refractivity contribution in [3.63, 3.8) is 0 Å². The Morgan fingerprint density at radius 1 is 1.29 bits per heavy atom. The fraction of sp³-hybridized carbons (Fsp3) is 0.125. The molecule has 0 saturated carbocycles. The van der Waals surface area contributed by atoms with Crippen LogP contribution in [0, 0.1) is 5.41 Å². The van der Waals surface area contributed by atoms with Gasteiger partial charge in [0.05, 0.1) is 5.75 Å². The maximum absolute atomic E-state index is 10.7. The van der Waals surface area contributed by atoms with Gasteiger partial charge >= 0.3 is 0 Å². The van der Waals surface area contributed by atoms with Gasteiger partial charge in [0, 0.05) is 5.56 Å². The van der Waals surface area contributed by atoms with Crippen LogP contribution in [0.4, 0.5) is 0 Å². The third-order valence-electron chi connectivity index (χ3n) is 1.63. The van der Waals surface area contributed by atoms with Crippen molar-refractivity contribution in [3.05, 3.63) is 35.4 Å². The van der Waals surface area contributed by atoms with E-state index in [0.29, 0.717) is 11.1 Å². The summed E-state index contributed by atoms with van der Waals surface area (Å²) in [4.78, 5) is 0. The van der Waals surface area contributed by atoms with Crippen LogP contribution in [-0.2, 0) is 15.8 Å². The molecule has 1 aromatic carbocycles. The minimum absolute atomic E-state index is 0.0489. The second kappa shape index (κ2) is 3.77. The number of rotatable bonds is 3. The van der Waals surface area contributed by atoms with E-state index in [4.69, 9.17) is 16.3 Å². The van der Waals surface area contributed by atoms with Gasteiger partial charge in [0.25, 0.3) is 0 Å². The topological polar surface area (TPSA) is 110 Å². The minimum atomic E-state index is -3.50. The van der Waals surface area contributed by atoms with Gasteiger partial charge in [-0.3, -0.25) is 5.41 Å². The summed E-state index contributed by atoms with van der Waals surface area (Å²) in [6, 6.07) is 6.34. The van der Waals surface area contributed by atoms with Crippen LogP contribution in [-0.4, -0.2) is 14.3 Å². The molecule has 5 nitrogen and oxygen atoms in total. The highest BCUT2D eigenvalue weighted by Crippen LogP contribution is 2.06. The molecule has 0 aromatic heterocycles. The Morgan fingerprint density at radius 3 is 2.14 bits per heavy atom. The molecule has 0 spiro atoms. The third-order valence-corrected chi connectivity index (χ3v) is 2.37. The van der Waals surface area contributed by atoms with E-state index in [2.05, 4.69) is 0 Å². The molecule has 0 unspecified atom stereocenters. The summed E-state index contributed by atoms with van der Waals surface area (Å²) in [5, 5.41) is 12.0. The number of primary sulfonamides is 1. The van der Waals surface area contributed by atoms with Crippen molar-refractivity contribution in [2.75, 3.05) is 0 Å². The average Bonchev–Trinajstić information content (AvgIpc) is 2.02. The highest BCUT2D eigenvalue weighted by atomic mass is 32.2. The van der Waals surface area contributed by atoms with Gasteiger partial charge in [-0.05, 0) is 5.56 Å². The van der Waals surface area contributed by atoms with Crippen molar-refractivity contribution in [3.8, 4) is 0 Å². The van der Waals surface area contributed by atoms with E-state index in [1.807, 2.05) is 0 Å². The van der Waals surface area contributed by atoms with Gasteiger partial charge in [-0.2, -0.15) is 0 Å². The quantitative estimate of drug-likeness (QED) is 0.476. The standard InChI is InChI=1S/C8H11N3O2S/c9-8(10)7-3-1-6(2-4-7)5-14(11,12)13/h1-4H,5H2,(H3,9,10)(H2,11,12,13). The van der Waals surface area contributed by atoms with E-state index in [1.165, 1.54) is 0 Å². The van der Waals surface area contributed by atoms with Crippen molar-refractivity contribution >= 4 is 15.9 Å². The Kier molecular flexibility index (Phi) is 2.87. The number of sulfonamides is 1. The summed E-state index contributed by atoms with van der Waals surface area (Å²) in [5.74, 6) is -0.252. The Labute approximate surface area is 82.3 Å². The Balaban J connectivity index is 2.90. The monoisotopic (exact) mass is 213 g/mol. The van der Waals surface area contributed by atoms with E-state index < -0.39 is 10.0 Å². The van der Waals surface area contributed by atoms with Crippen molar-refractivity contribution < 1.29 is 8.42 Å². The predicted octanol–water partition coefficient (Wildman–Crippen LogP) is -0.241. The van der Waals surface area contributed by atoms with Gasteiger partial charge in [0.2, 0.25) is 10.0 Å². The molecule has 76 valence electrons. The number of benzene rings is 1. The first-order valence-corrected chi connectivity index (χ1v) is 5.54. The van der Waals surface area contributed by atoms with Crippen molar-refractivity contribution in [1.82, 2.24) is 0 Å². The van der Waals surface area contributed by atoms with E-state index >= 15 is 0 Å². The van der Waals surface area contributed by atoms with E-state index in [0.717, 1.165) is 0 Å². The third kappa shape index (κ3) is 3.15. The summed E-state index contributed by atoms with van der Waals surface area (Å²) < 4.78 is 21.5. The van der Waals surface area contributed by atoms with E-state index in [9.17, 15) is 8.42 Å². The zero-order valence-corrected chi connectivity index (χ0v) is 8.21. The zero-order chi connectivity index (χ0) is 10.8. The predicted molar refractivity (Wildman–Crippen MR) is 54.3 cm³/mol. The molecule has 0 aliphatic carbocycles. The van der Waals surface area contributed by atoms with Crippen LogP contribution in [0.3, 0.4) is 0 Å². The Morgan fingerprint density at radius 2 is 1.79 bits per heavy atom. The van der Waals surface area contributed by atoms with Crippen molar-refractivity contribution in [1.29, 1.82) is 5.41 Å². The summed E-state index contributed by atoms with van der Waals surface area (Å²) >= 11 is 0. The van der Waals surface area contributed by atoms with Gasteiger partial charge in [0.1, 0.15) is 5.84 Å². The summed E-state index contributed by atoms with van der Waals surface area (Å²) in [6.07, 6.45) is 0. The largest absolute Gasteiger partial charge is 0.384 e. The maximum atomic E-state index is 10.7. The number of hydrogen-bond donors (Lipinski definition) is 3. The van der Waals surface area contributed by atoms with Crippen LogP contribution in [0.2, 0.25) is 0 Å². The summed E-state index contributed by atoms with van der Waals surface area (Å²) in [6.45, 7) is 0. The molecule has 0 bridgehead atoms. The van der Waals surface area contributed by atoms with Gasteiger partial charge in [-0.15, -0.1) is 0 Å². The maximum Gasteiger partial charge on any atom is 0.213 e. The lowest BCUT2D eigenvalue weighted by molar-refractivity contribution is 0.597. The molecule has 1 aromatic rings. The molecular formula is C8H11N3O2S. The van der Waals surface area contributed by atoms with Crippen LogP contribution >= 0.6 is 0 Å². The van der Waals surface area contributed by atoms with E-state index in [-0.39, 0.29) is 11.6 Å². The van der Waals surface area contributed by atoms with Crippen LogP contribution < -0.4 is 10.9 Å². The number of nitrogen functional groups attached to an aromatic ring is 1. The first-order chi connectivity index (χ1) is 6.38. The molecule has 0 saturated heterocycles. The molecule has 0 aliphatic rings. The molecule has 1 rings (SSSR count). The highest BCUT2D eigenvalue weighted by molar-refractivity contribution is 7.88. The highest BCUT2D eigenvalue weighted by Gasteiger charge is 2.04. The van der Waals surface area contributed by atoms with Crippen LogP contribution in [0.15, 0.2) is 24.3 Å². The molecule has 0 amide bonds. The second-order valence-electron chi connectivity index (χ2n) is 2.92. The SMILES string of the molecule is N=C(N)c1ccc(CS(N)(=O)=O)cc1. The van der Waals surface area contributed by atoms with Crippen molar-refractivity contribution in [2.24, 2.45) is 10.9 Å². The molecule has 0 fully saturated rings. The number of hydrogen-bond acceptors (Lipinski definition) is 3. The minimum Gasteiger partial charge on any atom is -0.384 e. The zero-order valence-electron chi connectivity index (χ0n) is 7.40. The molecule has 0 aliphatic heterocycles. The normalized spacial score (nSPS) is 11.2. The summed E-state index contributed by atoms with van der Waals surface area (Å²) in [7, 11) is -3.50. The van der Waals surface area contributed by atoms with Gasteiger partial charge in [0.15, 0.2) is 0 Å². The van der Waals surface area contributed by atoms with Gasteiger partial charge in [-0.25, -0.2) is 13.6 Å². The smallest absolute Gasteiger partial charge is 0.213 e. The molecule has 0 radical (unpaired) electrons. The molecule has 5 N–H and O–H groups in total. The van der Waals surface area contributed by atoms with Crippen LogP contribution in [0.5, 0.6) is 0 Å². The number of amidine groups is 1.